The highest BCUT2D eigenvalue weighted by Crippen LogP contribution is 2.24. The first-order chi connectivity index (χ1) is 7.70. The van der Waals surface area contributed by atoms with Crippen LogP contribution >= 0.6 is 11.3 Å². The van der Waals surface area contributed by atoms with E-state index in [0.29, 0.717) is 0 Å². The van der Waals surface area contributed by atoms with E-state index < -0.39 is 0 Å². The van der Waals surface area contributed by atoms with Crippen LogP contribution in [0.25, 0.3) is 0 Å². The molecule has 0 aliphatic carbocycles. The molecule has 0 unspecified atom stereocenters. The third kappa shape index (κ3) is 2.23. The molecule has 0 saturated heterocycles. The molecule has 1 atom stereocenters. The van der Waals surface area contributed by atoms with Gasteiger partial charge >= 0.3 is 0 Å². The smallest absolute Gasteiger partial charge is 0.118 e. The van der Waals surface area contributed by atoms with E-state index in [1.807, 2.05) is 36.6 Å². The van der Waals surface area contributed by atoms with Gasteiger partial charge in [0, 0.05) is 11.1 Å². The summed E-state index contributed by atoms with van der Waals surface area (Å²) < 4.78 is 5.10. The molecule has 2 N–H and O–H groups in total. The van der Waals surface area contributed by atoms with Gasteiger partial charge in [-0.3, -0.25) is 0 Å². The Labute approximate surface area is 98.9 Å². The van der Waals surface area contributed by atoms with Crippen molar-refractivity contribution >= 4 is 11.3 Å². The van der Waals surface area contributed by atoms with Crippen molar-refractivity contribution in [3.8, 4) is 5.75 Å². The fourth-order valence-electron chi connectivity index (χ4n) is 1.47. The Kier molecular flexibility index (Phi) is 3.22. The number of ether oxygens (including phenoxy) is 1. The molecule has 1 aromatic heterocycles. The molecule has 16 heavy (non-hydrogen) atoms. The highest BCUT2D eigenvalue weighted by molar-refractivity contribution is 7.09. The summed E-state index contributed by atoms with van der Waals surface area (Å²) in [6, 6.07) is 7.62. The Hall–Kier alpha value is -1.39. The minimum absolute atomic E-state index is 0.149. The Bertz CT molecular complexity index is 464. The van der Waals surface area contributed by atoms with E-state index >= 15 is 0 Å². The second-order valence-electron chi connectivity index (χ2n) is 3.58. The van der Waals surface area contributed by atoms with Gasteiger partial charge in [0.05, 0.1) is 13.2 Å². The highest BCUT2D eigenvalue weighted by atomic mass is 32.1. The maximum Gasteiger partial charge on any atom is 0.118 e. The van der Waals surface area contributed by atoms with Crippen LogP contribution in [-0.2, 0) is 0 Å². The maximum atomic E-state index is 6.13. The lowest BCUT2D eigenvalue weighted by molar-refractivity contribution is 0.414. The van der Waals surface area contributed by atoms with Crippen LogP contribution in [0.4, 0.5) is 0 Å². The van der Waals surface area contributed by atoms with Crippen molar-refractivity contribution in [1.82, 2.24) is 4.98 Å². The van der Waals surface area contributed by atoms with Crippen molar-refractivity contribution in [2.75, 3.05) is 7.11 Å². The number of benzene rings is 1. The van der Waals surface area contributed by atoms with Crippen molar-refractivity contribution in [2.24, 2.45) is 5.73 Å². The van der Waals surface area contributed by atoms with E-state index in [9.17, 15) is 0 Å². The summed E-state index contributed by atoms with van der Waals surface area (Å²) in [7, 11) is 1.65. The molecule has 0 fully saturated rings. The summed E-state index contributed by atoms with van der Waals surface area (Å²) in [5.74, 6) is 0.839. The quantitative estimate of drug-likeness (QED) is 0.887. The van der Waals surface area contributed by atoms with Crippen LogP contribution in [-0.4, -0.2) is 12.1 Å². The van der Waals surface area contributed by atoms with Crippen LogP contribution < -0.4 is 10.5 Å². The van der Waals surface area contributed by atoms with Crippen LogP contribution in [0.3, 0.4) is 0 Å². The van der Waals surface area contributed by atoms with Crippen molar-refractivity contribution < 1.29 is 4.74 Å². The molecule has 3 nitrogen and oxygen atoms in total. The first-order valence-electron chi connectivity index (χ1n) is 5.02. The van der Waals surface area contributed by atoms with Gasteiger partial charge < -0.3 is 10.5 Å². The van der Waals surface area contributed by atoms with Crippen molar-refractivity contribution in [3.63, 3.8) is 0 Å². The number of hydrogen-bond acceptors (Lipinski definition) is 4. The van der Waals surface area contributed by atoms with E-state index in [0.717, 1.165) is 22.0 Å². The highest BCUT2D eigenvalue weighted by Gasteiger charge is 2.12. The number of methoxy groups -OCH3 is 1. The fraction of sp³-hybridized carbons (Fsp3) is 0.250. The summed E-state index contributed by atoms with van der Waals surface area (Å²) in [6.45, 7) is 1.97. The zero-order valence-corrected chi connectivity index (χ0v) is 10.1. The van der Waals surface area contributed by atoms with Crippen LogP contribution in [0.2, 0.25) is 0 Å². The summed E-state index contributed by atoms with van der Waals surface area (Å²) in [6.07, 6.45) is 0. The van der Waals surface area contributed by atoms with Crippen molar-refractivity contribution in [2.45, 2.75) is 13.0 Å². The average molecular weight is 234 g/mol. The van der Waals surface area contributed by atoms with Gasteiger partial charge in [-0.05, 0) is 24.6 Å². The number of nitrogens with zero attached hydrogens (tertiary/aromatic N) is 1. The van der Waals surface area contributed by atoms with Crippen LogP contribution in [0.1, 0.15) is 22.3 Å². The Balaban J connectivity index is 2.23. The number of rotatable bonds is 3. The van der Waals surface area contributed by atoms with Gasteiger partial charge in [0.1, 0.15) is 10.8 Å². The first kappa shape index (κ1) is 11.1. The predicted molar refractivity (Wildman–Crippen MR) is 65.9 cm³/mol. The summed E-state index contributed by atoms with van der Waals surface area (Å²) in [5.41, 5.74) is 8.20. The minimum Gasteiger partial charge on any atom is -0.497 e. The van der Waals surface area contributed by atoms with Gasteiger partial charge in [-0.2, -0.15) is 0 Å². The predicted octanol–water partition coefficient (Wildman–Crippen LogP) is 2.51. The summed E-state index contributed by atoms with van der Waals surface area (Å²) >= 11 is 1.60. The van der Waals surface area contributed by atoms with E-state index in [4.69, 9.17) is 10.5 Å². The van der Waals surface area contributed by atoms with Crippen molar-refractivity contribution in [3.05, 3.63) is 45.9 Å². The maximum absolute atomic E-state index is 6.13. The standard InChI is InChI=1S/C12H14N2OS/c1-8-7-16-12(14-8)11(13)9-3-5-10(15-2)6-4-9/h3-7,11H,13H2,1-2H3/t11-/m1/s1. The molecule has 4 heteroatoms. The molecule has 0 saturated carbocycles. The van der Waals surface area contributed by atoms with E-state index in [1.54, 1.807) is 18.4 Å². The molecule has 1 heterocycles. The van der Waals surface area contributed by atoms with Gasteiger partial charge in [-0.15, -0.1) is 11.3 Å². The third-order valence-electron chi connectivity index (χ3n) is 2.38. The van der Waals surface area contributed by atoms with Gasteiger partial charge in [0.15, 0.2) is 0 Å². The molecule has 0 radical (unpaired) electrons. The van der Waals surface area contributed by atoms with E-state index in [-0.39, 0.29) is 6.04 Å². The molecule has 0 aliphatic heterocycles. The van der Waals surface area contributed by atoms with Gasteiger partial charge in [-0.25, -0.2) is 4.98 Å². The first-order valence-corrected chi connectivity index (χ1v) is 5.90. The minimum atomic E-state index is -0.149. The Morgan fingerprint density at radius 2 is 2.00 bits per heavy atom. The number of aryl methyl sites for hydroxylation is 1. The lowest BCUT2D eigenvalue weighted by Crippen LogP contribution is -2.11. The third-order valence-corrected chi connectivity index (χ3v) is 3.42. The topological polar surface area (TPSA) is 48.1 Å². The van der Waals surface area contributed by atoms with Crippen molar-refractivity contribution in [1.29, 1.82) is 0 Å². The number of hydrogen-bond donors (Lipinski definition) is 1. The molecule has 2 aromatic rings. The monoisotopic (exact) mass is 234 g/mol. The Morgan fingerprint density at radius 1 is 1.31 bits per heavy atom. The number of aromatic nitrogens is 1. The second kappa shape index (κ2) is 4.63. The SMILES string of the molecule is COc1ccc([C@@H](N)c2nc(C)cs2)cc1. The largest absolute Gasteiger partial charge is 0.497 e. The van der Waals surface area contributed by atoms with E-state index in [1.165, 1.54) is 0 Å². The molecule has 2 rings (SSSR count). The normalized spacial score (nSPS) is 12.4. The molecule has 0 amide bonds. The van der Waals surface area contributed by atoms with Crippen LogP contribution in [0.5, 0.6) is 5.75 Å². The molecular weight excluding hydrogens is 220 g/mol. The summed E-state index contributed by atoms with van der Waals surface area (Å²) in [5, 5.41) is 2.96. The lowest BCUT2D eigenvalue weighted by atomic mass is 10.1. The summed E-state index contributed by atoms with van der Waals surface area (Å²) in [4.78, 5) is 4.39. The zero-order chi connectivity index (χ0) is 11.5. The van der Waals surface area contributed by atoms with Gasteiger partial charge in [-0.1, -0.05) is 12.1 Å². The molecule has 0 aliphatic rings. The zero-order valence-electron chi connectivity index (χ0n) is 9.31. The van der Waals surface area contributed by atoms with Gasteiger partial charge in [0.25, 0.3) is 0 Å². The lowest BCUT2D eigenvalue weighted by Gasteiger charge is -2.09. The molecule has 84 valence electrons. The van der Waals surface area contributed by atoms with E-state index in [2.05, 4.69) is 4.98 Å². The molecule has 1 aromatic carbocycles. The van der Waals surface area contributed by atoms with Gasteiger partial charge in [0.2, 0.25) is 0 Å². The number of thiazole rings is 1. The molecular formula is C12H14N2OS. The van der Waals surface area contributed by atoms with Crippen LogP contribution in [0.15, 0.2) is 29.6 Å². The number of nitrogens with two attached hydrogens (primary N) is 1. The average Bonchev–Trinajstić information content (AvgIpc) is 2.75. The molecule has 0 bridgehead atoms. The molecule has 0 spiro atoms. The Morgan fingerprint density at radius 3 is 2.50 bits per heavy atom. The fourth-order valence-corrected chi connectivity index (χ4v) is 2.29. The van der Waals surface area contributed by atoms with Crippen LogP contribution in [0, 0.1) is 6.92 Å². The second-order valence-corrected chi connectivity index (χ2v) is 4.47.